The smallest absolute Gasteiger partial charge is 0.299 e. The van der Waals surface area contributed by atoms with E-state index in [1.54, 1.807) is 4.90 Å². The van der Waals surface area contributed by atoms with Gasteiger partial charge in [0.15, 0.2) is 0 Å². The first-order chi connectivity index (χ1) is 8.56. The van der Waals surface area contributed by atoms with Gasteiger partial charge in [-0.05, 0) is 30.7 Å². The maximum atomic E-state index is 11.9. The number of hydrogen-bond donors (Lipinski definition) is 1. The summed E-state index contributed by atoms with van der Waals surface area (Å²) in [6, 6.07) is 5.71. The standard InChI is InChI=1S/C14H18N2O2/c1-9(2)10-4-5-12-11(8-10)13(17)14(18)16(12)7-6-15-3/h4-5,8-9,15H,6-7H2,1-3H3. The summed E-state index contributed by atoms with van der Waals surface area (Å²) >= 11 is 0. The first kappa shape index (κ1) is 12.8. The highest BCUT2D eigenvalue weighted by atomic mass is 16.2. The molecule has 0 atom stereocenters. The predicted octanol–water partition coefficient (Wildman–Crippen LogP) is 1.56. The Kier molecular flexibility index (Phi) is 3.48. The van der Waals surface area contributed by atoms with Crippen LogP contribution in [0, 0.1) is 0 Å². The molecule has 0 radical (unpaired) electrons. The number of nitrogens with one attached hydrogen (secondary N) is 1. The zero-order valence-corrected chi connectivity index (χ0v) is 11.0. The highest BCUT2D eigenvalue weighted by molar-refractivity contribution is 6.52. The van der Waals surface area contributed by atoms with E-state index in [1.807, 2.05) is 25.2 Å². The summed E-state index contributed by atoms with van der Waals surface area (Å²) < 4.78 is 0. The summed E-state index contributed by atoms with van der Waals surface area (Å²) in [6.45, 7) is 5.34. The minimum absolute atomic E-state index is 0.351. The lowest BCUT2D eigenvalue weighted by atomic mass is 9.99. The summed E-state index contributed by atoms with van der Waals surface area (Å²) in [4.78, 5) is 25.4. The van der Waals surface area contributed by atoms with Crippen molar-refractivity contribution in [1.29, 1.82) is 0 Å². The van der Waals surface area contributed by atoms with Crippen LogP contribution in [0.5, 0.6) is 0 Å². The van der Waals surface area contributed by atoms with E-state index in [0.29, 0.717) is 24.6 Å². The molecule has 1 aromatic carbocycles. The van der Waals surface area contributed by atoms with Gasteiger partial charge in [0, 0.05) is 13.1 Å². The second-order valence-electron chi connectivity index (χ2n) is 4.82. The lowest BCUT2D eigenvalue weighted by Gasteiger charge is -2.16. The molecule has 0 fully saturated rings. The summed E-state index contributed by atoms with van der Waals surface area (Å²) in [5.41, 5.74) is 2.37. The summed E-state index contributed by atoms with van der Waals surface area (Å²) in [5.74, 6) is -0.450. The van der Waals surface area contributed by atoms with Gasteiger partial charge in [0.2, 0.25) is 0 Å². The molecule has 0 aromatic heterocycles. The maximum Gasteiger partial charge on any atom is 0.299 e. The van der Waals surface area contributed by atoms with E-state index in [4.69, 9.17) is 0 Å². The monoisotopic (exact) mass is 246 g/mol. The largest absolute Gasteiger partial charge is 0.318 e. The number of hydrogen-bond acceptors (Lipinski definition) is 3. The molecule has 0 saturated carbocycles. The molecular formula is C14H18N2O2. The molecule has 0 aliphatic carbocycles. The van der Waals surface area contributed by atoms with E-state index in [9.17, 15) is 9.59 Å². The third-order valence-corrected chi connectivity index (χ3v) is 3.25. The number of anilines is 1. The SMILES string of the molecule is CNCCN1C(=O)C(=O)c2cc(C(C)C)ccc21. The Labute approximate surface area is 107 Å². The third-order valence-electron chi connectivity index (χ3n) is 3.25. The number of carbonyl (C=O) groups is 2. The molecule has 0 saturated heterocycles. The molecule has 18 heavy (non-hydrogen) atoms. The average Bonchev–Trinajstić information content (AvgIpc) is 2.60. The maximum absolute atomic E-state index is 11.9. The van der Waals surface area contributed by atoms with Crippen LogP contribution in [0.4, 0.5) is 5.69 Å². The number of Topliss-reactive ketones (excluding diaryl/α,β-unsaturated/α-hetero) is 1. The number of ketones is 1. The van der Waals surface area contributed by atoms with E-state index in [-0.39, 0.29) is 5.78 Å². The molecule has 0 spiro atoms. The summed E-state index contributed by atoms with van der Waals surface area (Å²) in [6.07, 6.45) is 0. The van der Waals surface area contributed by atoms with Gasteiger partial charge in [-0.1, -0.05) is 19.9 Å². The highest BCUT2D eigenvalue weighted by Crippen LogP contribution is 2.31. The second-order valence-corrected chi connectivity index (χ2v) is 4.82. The molecule has 0 bridgehead atoms. The van der Waals surface area contributed by atoms with Crippen LogP contribution in [-0.2, 0) is 4.79 Å². The average molecular weight is 246 g/mol. The lowest BCUT2D eigenvalue weighted by molar-refractivity contribution is -0.114. The van der Waals surface area contributed by atoms with Crippen LogP contribution < -0.4 is 10.2 Å². The van der Waals surface area contributed by atoms with E-state index in [0.717, 1.165) is 11.3 Å². The second kappa shape index (κ2) is 4.90. The highest BCUT2D eigenvalue weighted by Gasteiger charge is 2.35. The van der Waals surface area contributed by atoms with Crippen molar-refractivity contribution in [3.05, 3.63) is 29.3 Å². The van der Waals surface area contributed by atoms with Crippen LogP contribution >= 0.6 is 0 Å². The van der Waals surface area contributed by atoms with Crippen LogP contribution in [0.2, 0.25) is 0 Å². The molecule has 1 aliphatic heterocycles. The van der Waals surface area contributed by atoms with Crippen LogP contribution in [0.15, 0.2) is 18.2 Å². The molecule has 1 amide bonds. The van der Waals surface area contributed by atoms with Gasteiger partial charge in [-0.25, -0.2) is 0 Å². The van der Waals surface area contributed by atoms with E-state index < -0.39 is 5.91 Å². The van der Waals surface area contributed by atoms with Crippen LogP contribution in [-0.4, -0.2) is 31.8 Å². The number of fused-ring (bicyclic) bond motifs is 1. The minimum Gasteiger partial charge on any atom is -0.318 e. The fourth-order valence-electron chi connectivity index (χ4n) is 2.12. The molecule has 96 valence electrons. The number of rotatable bonds is 4. The third kappa shape index (κ3) is 2.04. The Bertz CT molecular complexity index is 495. The zero-order chi connectivity index (χ0) is 13.3. The summed E-state index contributed by atoms with van der Waals surface area (Å²) in [5, 5.41) is 2.99. The van der Waals surface area contributed by atoms with Gasteiger partial charge in [0.1, 0.15) is 0 Å². The Morgan fingerprint density at radius 1 is 1.28 bits per heavy atom. The Morgan fingerprint density at radius 3 is 2.61 bits per heavy atom. The van der Waals surface area contributed by atoms with Crippen LogP contribution in [0.25, 0.3) is 0 Å². The molecule has 1 heterocycles. The van der Waals surface area contributed by atoms with Crippen molar-refractivity contribution in [2.24, 2.45) is 0 Å². The normalized spacial score (nSPS) is 14.6. The van der Waals surface area contributed by atoms with Gasteiger partial charge < -0.3 is 10.2 Å². The molecule has 0 unspecified atom stereocenters. The Balaban J connectivity index is 2.38. The Hall–Kier alpha value is -1.68. The van der Waals surface area contributed by atoms with Crippen LogP contribution in [0.1, 0.15) is 35.7 Å². The van der Waals surface area contributed by atoms with Crippen molar-refractivity contribution in [3.63, 3.8) is 0 Å². The lowest BCUT2D eigenvalue weighted by Crippen LogP contribution is -2.35. The van der Waals surface area contributed by atoms with Crippen molar-refractivity contribution in [2.45, 2.75) is 19.8 Å². The van der Waals surface area contributed by atoms with Crippen molar-refractivity contribution < 1.29 is 9.59 Å². The van der Waals surface area contributed by atoms with Gasteiger partial charge in [0.25, 0.3) is 11.7 Å². The van der Waals surface area contributed by atoms with Crippen molar-refractivity contribution in [3.8, 4) is 0 Å². The summed E-state index contributed by atoms with van der Waals surface area (Å²) in [7, 11) is 1.82. The first-order valence-electron chi connectivity index (χ1n) is 6.21. The fraction of sp³-hybridized carbons (Fsp3) is 0.429. The number of amides is 1. The van der Waals surface area contributed by atoms with Gasteiger partial charge in [-0.2, -0.15) is 0 Å². The molecule has 1 aromatic rings. The number of benzene rings is 1. The topological polar surface area (TPSA) is 49.4 Å². The first-order valence-corrected chi connectivity index (χ1v) is 6.21. The minimum atomic E-state index is -0.416. The van der Waals surface area contributed by atoms with Crippen molar-refractivity contribution in [1.82, 2.24) is 5.32 Å². The molecule has 4 nitrogen and oxygen atoms in total. The molecule has 1 aliphatic rings. The Morgan fingerprint density at radius 2 is 2.00 bits per heavy atom. The van der Waals surface area contributed by atoms with Gasteiger partial charge in [-0.3, -0.25) is 9.59 Å². The number of nitrogens with zero attached hydrogens (tertiary/aromatic N) is 1. The van der Waals surface area contributed by atoms with E-state index in [1.165, 1.54) is 0 Å². The molecule has 1 N–H and O–H groups in total. The van der Waals surface area contributed by atoms with E-state index >= 15 is 0 Å². The quantitative estimate of drug-likeness (QED) is 0.820. The fourth-order valence-corrected chi connectivity index (χ4v) is 2.12. The van der Waals surface area contributed by atoms with Crippen LogP contribution in [0.3, 0.4) is 0 Å². The van der Waals surface area contributed by atoms with Gasteiger partial charge in [0.05, 0.1) is 11.3 Å². The molecule has 4 heteroatoms. The zero-order valence-electron chi connectivity index (χ0n) is 11.0. The molecular weight excluding hydrogens is 228 g/mol. The van der Waals surface area contributed by atoms with E-state index in [2.05, 4.69) is 19.2 Å². The van der Waals surface area contributed by atoms with Crippen molar-refractivity contribution in [2.75, 3.05) is 25.0 Å². The molecule has 2 rings (SSSR count). The van der Waals surface area contributed by atoms with Gasteiger partial charge >= 0.3 is 0 Å². The predicted molar refractivity (Wildman–Crippen MR) is 71.1 cm³/mol. The van der Waals surface area contributed by atoms with Crippen molar-refractivity contribution >= 4 is 17.4 Å². The number of carbonyl (C=O) groups excluding carboxylic acids is 2. The number of likely N-dealkylation sites (N-methyl/N-ethyl adjacent to an activating group) is 1. The van der Waals surface area contributed by atoms with Gasteiger partial charge in [-0.15, -0.1) is 0 Å².